The first-order valence-corrected chi connectivity index (χ1v) is 8.20. The molecule has 0 bridgehead atoms. The van der Waals surface area contributed by atoms with Crippen molar-refractivity contribution in [2.75, 3.05) is 24.6 Å². The van der Waals surface area contributed by atoms with Crippen molar-refractivity contribution in [3.8, 4) is 5.75 Å². The number of rotatable bonds is 3. The van der Waals surface area contributed by atoms with E-state index in [9.17, 15) is 0 Å². The van der Waals surface area contributed by atoms with Gasteiger partial charge in [-0.3, -0.25) is 4.98 Å². The Morgan fingerprint density at radius 3 is 2.70 bits per heavy atom. The van der Waals surface area contributed by atoms with Crippen molar-refractivity contribution >= 4 is 5.82 Å². The summed E-state index contributed by atoms with van der Waals surface area (Å²) in [6.45, 7) is 2.59. The van der Waals surface area contributed by atoms with Crippen LogP contribution < -0.4 is 9.64 Å². The Kier molecular flexibility index (Phi) is 3.87. The number of anilines is 1. The van der Waals surface area contributed by atoms with Crippen LogP contribution >= 0.6 is 0 Å². The van der Waals surface area contributed by atoms with E-state index in [-0.39, 0.29) is 11.7 Å². The van der Waals surface area contributed by atoms with E-state index < -0.39 is 0 Å². The van der Waals surface area contributed by atoms with Gasteiger partial charge in [0.05, 0.1) is 18.4 Å². The zero-order chi connectivity index (χ0) is 15.5. The summed E-state index contributed by atoms with van der Waals surface area (Å²) in [6, 6.07) is 10.0. The molecule has 0 saturated carbocycles. The second-order valence-electron chi connectivity index (χ2n) is 6.30. The van der Waals surface area contributed by atoms with Crippen molar-refractivity contribution in [3.63, 3.8) is 0 Å². The average molecular weight is 311 g/mol. The van der Waals surface area contributed by atoms with Crippen molar-refractivity contribution in [1.29, 1.82) is 0 Å². The summed E-state index contributed by atoms with van der Waals surface area (Å²) in [5, 5.41) is 0. The van der Waals surface area contributed by atoms with Crippen LogP contribution in [0.1, 0.15) is 19.3 Å². The molecule has 1 aromatic heterocycles. The maximum absolute atomic E-state index is 6.16. The smallest absolute Gasteiger partial charge is 0.147 e. The highest BCUT2D eigenvalue weighted by atomic mass is 16.6. The second-order valence-corrected chi connectivity index (χ2v) is 6.30. The maximum Gasteiger partial charge on any atom is 0.147 e. The van der Waals surface area contributed by atoms with Gasteiger partial charge >= 0.3 is 0 Å². The van der Waals surface area contributed by atoms with Gasteiger partial charge in [-0.2, -0.15) is 0 Å². The van der Waals surface area contributed by atoms with Gasteiger partial charge in [0, 0.05) is 31.9 Å². The second kappa shape index (κ2) is 6.16. The van der Waals surface area contributed by atoms with Crippen molar-refractivity contribution < 1.29 is 9.47 Å². The lowest BCUT2D eigenvalue weighted by molar-refractivity contribution is -0.0163. The van der Waals surface area contributed by atoms with E-state index in [2.05, 4.69) is 14.9 Å². The minimum atomic E-state index is -0.0296. The molecule has 2 aliphatic rings. The first kappa shape index (κ1) is 14.5. The predicted octanol–water partition coefficient (Wildman–Crippen LogP) is 2.68. The van der Waals surface area contributed by atoms with Crippen LogP contribution in [0.15, 0.2) is 48.9 Å². The molecule has 0 amide bonds. The van der Waals surface area contributed by atoms with Crippen LogP contribution in [-0.4, -0.2) is 41.4 Å². The van der Waals surface area contributed by atoms with Gasteiger partial charge in [0.1, 0.15) is 17.7 Å². The summed E-state index contributed by atoms with van der Waals surface area (Å²) in [6.07, 6.45) is 8.43. The molecule has 0 aliphatic carbocycles. The van der Waals surface area contributed by atoms with Crippen LogP contribution in [0.3, 0.4) is 0 Å². The van der Waals surface area contributed by atoms with E-state index in [1.54, 1.807) is 12.4 Å². The van der Waals surface area contributed by atoms with E-state index in [1.165, 1.54) is 0 Å². The number of para-hydroxylation sites is 1. The standard InChI is InChI=1S/C18H21N3O2/c1-2-4-15(5-3-1)23-16-12-18(22-14-16)6-10-21(11-7-18)17-13-19-8-9-20-17/h1-5,8-9,13,16H,6-7,10-12,14H2. The minimum absolute atomic E-state index is 0.0296. The fourth-order valence-electron chi connectivity index (χ4n) is 3.52. The molecule has 2 aromatic rings. The van der Waals surface area contributed by atoms with Crippen molar-refractivity contribution in [1.82, 2.24) is 9.97 Å². The van der Waals surface area contributed by atoms with Crippen LogP contribution in [0.2, 0.25) is 0 Å². The van der Waals surface area contributed by atoms with Crippen LogP contribution in [0.5, 0.6) is 5.75 Å². The molecular weight excluding hydrogens is 290 g/mol. The summed E-state index contributed by atoms with van der Waals surface area (Å²) in [5.74, 6) is 1.88. The number of hydrogen-bond donors (Lipinski definition) is 0. The molecule has 2 saturated heterocycles. The van der Waals surface area contributed by atoms with Crippen molar-refractivity contribution in [3.05, 3.63) is 48.9 Å². The zero-order valence-electron chi connectivity index (χ0n) is 13.1. The summed E-state index contributed by atoms with van der Waals surface area (Å²) in [5.41, 5.74) is -0.0296. The van der Waals surface area contributed by atoms with Gasteiger partial charge in [0.15, 0.2) is 0 Å². The van der Waals surface area contributed by atoms with Crippen LogP contribution in [0.4, 0.5) is 5.82 Å². The largest absolute Gasteiger partial charge is 0.488 e. The molecule has 2 fully saturated rings. The molecule has 1 aromatic carbocycles. The summed E-state index contributed by atoms with van der Waals surface area (Å²) >= 11 is 0. The first-order chi connectivity index (χ1) is 11.3. The van der Waals surface area contributed by atoms with E-state index in [4.69, 9.17) is 9.47 Å². The lowest BCUT2D eigenvalue weighted by Gasteiger charge is -2.38. The van der Waals surface area contributed by atoms with E-state index >= 15 is 0 Å². The van der Waals surface area contributed by atoms with Crippen LogP contribution in [0, 0.1) is 0 Å². The molecule has 1 spiro atoms. The fraction of sp³-hybridized carbons (Fsp3) is 0.444. The third-order valence-electron chi connectivity index (χ3n) is 4.77. The van der Waals surface area contributed by atoms with E-state index in [0.29, 0.717) is 6.61 Å². The Balaban J connectivity index is 1.35. The van der Waals surface area contributed by atoms with Crippen molar-refractivity contribution in [2.45, 2.75) is 31.0 Å². The van der Waals surface area contributed by atoms with Gasteiger partial charge in [-0.15, -0.1) is 0 Å². The number of piperidine rings is 1. The summed E-state index contributed by atoms with van der Waals surface area (Å²) < 4.78 is 12.2. The van der Waals surface area contributed by atoms with Gasteiger partial charge in [0.25, 0.3) is 0 Å². The molecule has 5 nitrogen and oxygen atoms in total. The minimum Gasteiger partial charge on any atom is -0.488 e. The molecule has 1 atom stereocenters. The summed E-state index contributed by atoms with van der Waals surface area (Å²) in [4.78, 5) is 10.8. The Morgan fingerprint density at radius 1 is 1.13 bits per heavy atom. The Labute approximate surface area is 136 Å². The predicted molar refractivity (Wildman–Crippen MR) is 87.6 cm³/mol. The van der Waals surface area contributed by atoms with Gasteiger partial charge in [-0.05, 0) is 25.0 Å². The van der Waals surface area contributed by atoms with Gasteiger partial charge in [-0.1, -0.05) is 18.2 Å². The zero-order valence-corrected chi connectivity index (χ0v) is 13.1. The molecule has 0 radical (unpaired) electrons. The first-order valence-electron chi connectivity index (χ1n) is 8.20. The van der Waals surface area contributed by atoms with Gasteiger partial charge in [-0.25, -0.2) is 4.98 Å². The number of ether oxygens (including phenoxy) is 2. The molecular formula is C18H21N3O2. The molecule has 3 heterocycles. The molecule has 1 unspecified atom stereocenters. The Bertz CT molecular complexity index is 627. The number of aromatic nitrogens is 2. The summed E-state index contributed by atoms with van der Waals surface area (Å²) in [7, 11) is 0. The quantitative estimate of drug-likeness (QED) is 0.872. The van der Waals surface area contributed by atoms with Crippen molar-refractivity contribution in [2.24, 2.45) is 0 Å². The monoisotopic (exact) mass is 311 g/mol. The molecule has 0 N–H and O–H groups in total. The third-order valence-corrected chi connectivity index (χ3v) is 4.77. The maximum atomic E-state index is 6.16. The lowest BCUT2D eigenvalue weighted by atomic mass is 9.88. The molecule has 120 valence electrons. The lowest BCUT2D eigenvalue weighted by Crippen LogP contribution is -2.44. The Morgan fingerprint density at radius 2 is 1.96 bits per heavy atom. The van der Waals surface area contributed by atoms with E-state index in [1.807, 2.05) is 36.5 Å². The van der Waals surface area contributed by atoms with Gasteiger partial charge < -0.3 is 14.4 Å². The average Bonchev–Trinajstić information content (AvgIpc) is 2.99. The highest BCUT2D eigenvalue weighted by Gasteiger charge is 2.43. The number of benzene rings is 1. The number of hydrogen-bond acceptors (Lipinski definition) is 5. The van der Waals surface area contributed by atoms with Crippen LogP contribution in [0.25, 0.3) is 0 Å². The highest BCUT2D eigenvalue weighted by Crippen LogP contribution is 2.38. The topological polar surface area (TPSA) is 47.5 Å². The van der Waals surface area contributed by atoms with Gasteiger partial charge in [0.2, 0.25) is 0 Å². The van der Waals surface area contributed by atoms with Crippen LogP contribution in [-0.2, 0) is 4.74 Å². The molecule has 5 heteroatoms. The fourth-order valence-corrected chi connectivity index (χ4v) is 3.52. The normalized spacial score (nSPS) is 23.1. The molecule has 4 rings (SSSR count). The third kappa shape index (κ3) is 3.15. The highest BCUT2D eigenvalue weighted by molar-refractivity contribution is 5.36. The molecule has 23 heavy (non-hydrogen) atoms. The molecule has 2 aliphatic heterocycles. The number of nitrogens with zero attached hydrogens (tertiary/aromatic N) is 3. The van der Waals surface area contributed by atoms with E-state index in [0.717, 1.165) is 43.9 Å². The Hall–Kier alpha value is -2.14. The SMILES string of the molecule is c1ccc(OC2COC3(CCN(c4cnccn4)CC3)C2)cc1.